The van der Waals surface area contributed by atoms with Crippen LogP contribution in [-0.2, 0) is 4.74 Å². The van der Waals surface area contributed by atoms with Crippen LogP contribution >= 0.6 is 0 Å². The zero-order valence-electron chi connectivity index (χ0n) is 6.84. The van der Waals surface area contributed by atoms with E-state index in [1.807, 2.05) is 7.05 Å². The van der Waals surface area contributed by atoms with Crippen LogP contribution in [-0.4, -0.2) is 26.3 Å². The van der Waals surface area contributed by atoms with Gasteiger partial charge in [0.15, 0.2) is 0 Å². The van der Waals surface area contributed by atoms with Crippen molar-refractivity contribution in [3.63, 3.8) is 0 Å². The van der Waals surface area contributed by atoms with Gasteiger partial charge in [0.1, 0.15) is 0 Å². The summed E-state index contributed by atoms with van der Waals surface area (Å²) in [5.41, 5.74) is 0. The van der Waals surface area contributed by atoms with Gasteiger partial charge in [-0.15, -0.1) is 6.04 Å². The molecule has 0 spiro atoms. The standard InChI is InChI=1S/C8H16NO/c1-9-7-3-5-8(10-2)6-4-7/h7-8H,3-6H2,1-2H3/q-1. The molecule has 0 heterocycles. The van der Waals surface area contributed by atoms with E-state index >= 15 is 0 Å². The van der Waals surface area contributed by atoms with Crippen molar-refractivity contribution in [2.75, 3.05) is 14.2 Å². The van der Waals surface area contributed by atoms with Crippen molar-refractivity contribution in [2.45, 2.75) is 37.8 Å². The summed E-state index contributed by atoms with van der Waals surface area (Å²) in [6.45, 7) is 0. The normalized spacial score (nSPS) is 34.2. The van der Waals surface area contributed by atoms with Gasteiger partial charge in [-0.1, -0.05) is 12.8 Å². The fourth-order valence-electron chi connectivity index (χ4n) is 1.54. The molecule has 0 radical (unpaired) electrons. The van der Waals surface area contributed by atoms with Gasteiger partial charge >= 0.3 is 0 Å². The van der Waals surface area contributed by atoms with Gasteiger partial charge in [-0.25, -0.2) is 0 Å². The van der Waals surface area contributed by atoms with Gasteiger partial charge in [0.2, 0.25) is 0 Å². The predicted molar refractivity (Wildman–Crippen MR) is 42.3 cm³/mol. The molecule has 1 aliphatic carbocycles. The molecule has 1 saturated carbocycles. The van der Waals surface area contributed by atoms with Crippen LogP contribution in [0, 0.1) is 0 Å². The fraction of sp³-hybridized carbons (Fsp3) is 1.00. The average molecular weight is 142 g/mol. The minimum atomic E-state index is 0.512. The van der Waals surface area contributed by atoms with E-state index in [1.54, 1.807) is 7.11 Å². The number of hydrogen-bond donors (Lipinski definition) is 0. The number of hydrogen-bond acceptors (Lipinski definition) is 1. The van der Waals surface area contributed by atoms with E-state index in [9.17, 15) is 0 Å². The van der Waals surface area contributed by atoms with Gasteiger partial charge in [-0.05, 0) is 12.8 Å². The Bertz CT molecular complexity index is 75.3. The van der Waals surface area contributed by atoms with Crippen LogP contribution in [0.3, 0.4) is 0 Å². The highest BCUT2D eigenvalue weighted by Gasteiger charge is 2.14. The molecule has 10 heavy (non-hydrogen) atoms. The minimum absolute atomic E-state index is 0.512. The average Bonchev–Trinajstić information content (AvgIpc) is 2.05. The van der Waals surface area contributed by atoms with E-state index in [4.69, 9.17) is 4.74 Å². The van der Waals surface area contributed by atoms with E-state index < -0.39 is 0 Å². The predicted octanol–water partition coefficient (Wildman–Crippen LogP) is 1.95. The maximum Gasteiger partial charge on any atom is 0.0570 e. The van der Waals surface area contributed by atoms with Crippen LogP contribution in [0.15, 0.2) is 0 Å². The van der Waals surface area contributed by atoms with Crippen molar-refractivity contribution >= 4 is 0 Å². The van der Waals surface area contributed by atoms with Crippen LogP contribution in [0.1, 0.15) is 25.7 Å². The monoisotopic (exact) mass is 142 g/mol. The van der Waals surface area contributed by atoms with E-state index in [-0.39, 0.29) is 0 Å². The van der Waals surface area contributed by atoms with Gasteiger partial charge in [0.05, 0.1) is 6.10 Å². The number of ether oxygens (including phenoxy) is 1. The molecule has 0 N–H and O–H groups in total. The summed E-state index contributed by atoms with van der Waals surface area (Å²) in [5.74, 6) is 0. The van der Waals surface area contributed by atoms with Crippen molar-refractivity contribution in [1.82, 2.24) is 0 Å². The van der Waals surface area contributed by atoms with Crippen LogP contribution in [0.5, 0.6) is 0 Å². The third kappa shape index (κ3) is 1.96. The summed E-state index contributed by atoms with van der Waals surface area (Å²) in [6, 6.07) is 0.617. The summed E-state index contributed by atoms with van der Waals surface area (Å²) in [5, 5.41) is 4.26. The molecule has 1 rings (SSSR count). The Morgan fingerprint density at radius 2 is 1.80 bits per heavy atom. The first-order valence-electron chi connectivity index (χ1n) is 3.98. The Labute approximate surface area is 63.0 Å². The van der Waals surface area contributed by atoms with Crippen LogP contribution in [0.25, 0.3) is 5.32 Å². The van der Waals surface area contributed by atoms with Crippen LogP contribution in [0.2, 0.25) is 0 Å². The quantitative estimate of drug-likeness (QED) is 0.578. The summed E-state index contributed by atoms with van der Waals surface area (Å²) < 4.78 is 5.24. The van der Waals surface area contributed by atoms with E-state index in [2.05, 4.69) is 5.32 Å². The Balaban J connectivity index is 2.17. The molecule has 0 aromatic carbocycles. The molecule has 0 aliphatic heterocycles. The van der Waals surface area contributed by atoms with Crippen molar-refractivity contribution < 1.29 is 4.74 Å². The van der Waals surface area contributed by atoms with Gasteiger partial charge in [-0.3, -0.25) is 0 Å². The van der Waals surface area contributed by atoms with Crippen LogP contribution in [0.4, 0.5) is 0 Å². The highest BCUT2D eigenvalue weighted by Crippen LogP contribution is 2.24. The second-order valence-electron chi connectivity index (χ2n) is 2.92. The summed E-state index contributed by atoms with van der Waals surface area (Å²) in [7, 11) is 3.71. The lowest BCUT2D eigenvalue weighted by Gasteiger charge is -2.35. The zero-order chi connectivity index (χ0) is 7.40. The van der Waals surface area contributed by atoms with Gasteiger partial charge < -0.3 is 10.1 Å². The molecule has 0 aromatic rings. The van der Waals surface area contributed by atoms with Crippen molar-refractivity contribution in [3.05, 3.63) is 5.32 Å². The third-order valence-electron chi connectivity index (χ3n) is 2.34. The largest absolute Gasteiger partial charge is 0.662 e. The molecule has 1 fully saturated rings. The molecule has 1 aliphatic rings. The van der Waals surface area contributed by atoms with Crippen molar-refractivity contribution in [3.8, 4) is 0 Å². The molecular formula is C8H16NO-. The Kier molecular flexibility index (Phi) is 3.16. The molecule has 2 heteroatoms. The number of nitrogens with zero attached hydrogens (tertiary/aromatic N) is 1. The SMILES string of the molecule is C[N-]C1CCC(OC)CC1. The van der Waals surface area contributed by atoms with Gasteiger partial charge in [0.25, 0.3) is 0 Å². The smallest absolute Gasteiger partial charge is 0.0570 e. The first-order valence-corrected chi connectivity index (χ1v) is 3.98. The fourth-order valence-corrected chi connectivity index (χ4v) is 1.54. The second kappa shape index (κ2) is 3.94. The Morgan fingerprint density at radius 1 is 1.20 bits per heavy atom. The first kappa shape index (κ1) is 8.02. The summed E-state index contributed by atoms with van der Waals surface area (Å²) in [4.78, 5) is 0. The molecular weight excluding hydrogens is 126 g/mol. The van der Waals surface area contributed by atoms with Gasteiger partial charge in [0, 0.05) is 7.11 Å². The maximum atomic E-state index is 5.24. The molecule has 0 saturated heterocycles. The molecule has 0 unspecified atom stereocenters. The molecule has 0 bridgehead atoms. The van der Waals surface area contributed by atoms with Crippen molar-refractivity contribution in [2.24, 2.45) is 0 Å². The van der Waals surface area contributed by atoms with E-state index in [0.29, 0.717) is 12.1 Å². The molecule has 0 aromatic heterocycles. The molecule has 60 valence electrons. The number of methoxy groups -OCH3 is 1. The molecule has 0 atom stereocenters. The topological polar surface area (TPSA) is 23.3 Å². The zero-order valence-corrected chi connectivity index (χ0v) is 6.84. The Hall–Kier alpha value is -0.0800. The van der Waals surface area contributed by atoms with Crippen LogP contribution < -0.4 is 0 Å². The summed E-state index contributed by atoms with van der Waals surface area (Å²) >= 11 is 0. The van der Waals surface area contributed by atoms with Crippen molar-refractivity contribution in [1.29, 1.82) is 0 Å². The Morgan fingerprint density at radius 3 is 2.20 bits per heavy atom. The van der Waals surface area contributed by atoms with E-state index in [0.717, 1.165) is 0 Å². The van der Waals surface area contributed by atoms with E-state index in [1.165, 1.54) is 25.7 Å². The highest BCUT2D eigenvalue weighted by atomic mass is 16.5. The summed E-state index contributed by atoms with van der Waals surface area (Å²) in [6.07, 6.45) is 5.33. The molecule has 0 amide bonds. The lowest BCUT2D eigenvalue weighted by atomic mass is 9.93. The second-order valence-corrected chi connectivity index (χ2v) is 2.92. The lowest BCUT2D eigenvalue weighted by molar-refractivity contribution is 0.0689. The highest BCUT2D eigenvalue weighted by molar-refractivity contribution is 4.90. The first-order chi connectivity index (χ1) is 4.86. The third-order valence-corrected chi connectivity index (χ3v) is 2.34. The lowest BCUT2D eigenvalue weighted by Crippen LogP contribution is -2.22. The van der Waals surface area contributed by atoms with Gasteiger partial charge in [-0.2, -0.15) is 7.05 Å². The maximum absolute atomic E-state index is 5.24. The molecule has 2 nitrogen and oxygen atoms in total. The number of rotatable bonds is 2. The minimum Gasteiger partial charge on any atom is -0.662 e.